The van der Waals surface area contributed by atoms with Gasteiger partial charge >= 0.3 is 0 Å². The average Bonchev–Trinajstić information content (AvgIpc) is 2.15. The Labute approximate surface area is 87.8 Å². The van der Waals surface area contributed by atoms with Crippen LogP contribution in [0.1, 0.15) is 16.1 Å². The summed E-state index contributed by atoms with van der Waals surface area (Å²) in [5, 5.41) is 3.03. The maximum Gasteiger partial charge on any atom is 0.253 e. The molecule has 0 atom stereocenters. The van der Waals surface area contributed by atoms with Gasteiger partial charge in [-0.2, -0.15) is 0 Å². The van der Waals surface area contributed by atoms with Gasteiger partial charge < -0.3 is 5.32 Å². The van der Waals surface area contributed by atoms with Crippen LogP contribution in [0.3, 0.4) is 0 Å². The molecule has 0 fully saturated rings. The van der Waals surface area contributed by atoms with Gasteiger partial charge in [0, 0.05) is 16.9 Å². The highest BCUT2D eigenvalue weighted by Crippen LogP contribution is 2.03. The molecule has 4 heteroatoms. The van der Waals surface area contributed by atoms with Gasteiger partial charge in [0.2, 0.25) is 0 Å². The van der Waals surface area contributed by atoms with Crippen LogP contribution >= 0.6 is 11.6 Å². The predicted octanol–water partition coefficient (Wildman–Crippen LogP) is 1.87. The minimum Gasteiger partial charge on any atom is -0.347 e. The second-order valence-corrected chi connectivity index (χ2v) is 3.37. The molecule has 1 amide bonds. The molecule has 0 saturated heterocycles. The van der Waals surface area contributed by atoms with Crippen molar-refractivity contribution >= 4 is 17.5 Å². The van der Waals surface area contributed by atoms with Gasteiger partial charge in [-0.3, -0.25) is 9.78 Å². The van der Waals surface area contributed by atoms with Gasteiger partial charge in [0.1, 0.15) is 0 Å². The molecule has 1 rings (SSSR count). The molecule has 0 aliphatic rings. The lowest BCUT2D eigenvalue weighted by molar-refractivity contribution is 0.0956. The number of pyridine rings is 1. The molecular formula is C10H11ClN2O. The molecule has 0 aliphatic heterocycles. The zero-order valence-corrected chi connectivity index (χ0v) is 8.64. The molecule has 0 aromatic carbocycles. The van der Waals surface area contributed by atoms with Crippen molar-refractivity contribution in [2.45, 2.75) is 6.92 Å². The summed E-state index contributed by atoms with van der Waals surface area (Å²) in [4.78, 5) is 15.5. The Balaban J connectivity index is 2.70. The first kappa shape index (κ1) is 10.7. The first-order chi connectivity index (χ1) is 6.61. The highest BCUT2D eigenvalue weighted by molar-refractivity contribution is 6.29. The van der Waals surface area contributed by atoms with Crippen molar-refractivity contribution in [2.75, 3.05) is 6.54 Å². The van der Waals surface area contributed by atoms with E-state index in [2.05, 4.69) is 16.9 Å². The van der Waals surface area contributed by atoms with Crippen LogP contribution in [0, 0.1) is 6.92 Å². The number of carbonyl (C=O) groups excluding carboxylic acids is 1. The summed E-state index contributed by atoms with van der Waals surface area (Å²) in [6.45, 7) is 5.53. The van der Waals surface area contributed by atoms with Gasteiger partial charge in [-0.1, -0.05) is 18.2 Å². The Hall–Kier alpha value is -1.35. The van der Waals surface area contributed by atoms with E-state index in [9.17, 15) is 4.79 Å². The number of hydrogen-bond acceptors (Lipinski definition) is 2. The molecule has 0 saturated carbocycles. The van der Waals surface area contributed by atoms with Crippen LogP contribution in [0.15, 0.2) is 29.9 Å². The molecule has 0 spiro atoms. The summed E-state index contributed by atoms with van der Waals surface area (Å²) in [6.07, 6.45) is 1.65. The number of halogens is 1. The van der Waals surface area contributed by atoms with Gasteiger partial charge in [0.05, 0.1) is 12.1 Å². The normalized spacial score (nSPS) is 9.57. The number of amides is 1. The van der Waals surface area contributed by atoms with E-state index >= 15 is 0 Å². The standard InChI is InChI=1S/C10H11ClN2O/c1-7(11)6-13-10(14)9-4-3-5-12-8(9)2/h3-5H,1,6H2,2H3,(H,13,14). The Bertz CT molecular complexity index is 363. The Kier molecular flexibility index (Phi) is 3.65. The number of aromatic nitrogens is 1. The SMILES string of the molecule is C=C(Cl)CNC(=O)c1cccnc1C. The van der Waals surface area contributed by atoms with Crippen LogP contribution in [0.2, 0.25) is 0 Å². The van der Waals surface area contributed by atoms with E-state index in [1.54, 1.807) is 25.3 Å². The quantitative estimate of drug-likeness (QED) is 0.828. The second kappa shape index (κ2) is 4.77. The molecular weight excluding hydrogens is 200 g/mol. The van der Waals surface area contributed by atoms with Gasteiger partial charge in [-0.05, 0) is 19.1 Å². The summed E-state index contributed by atoms with van der Waals surface area (Å²) in [5.41, 5.74) is 1.26. The van der Waals surface area contributed by atoms with Crippen molar-refractivity contribution in [1.29, 1.82) is 0 Å². The van der Waals surface area contributed by atoms with Crippen molar-refractivity contribution in [1.82, 2.24) is 10.3 Å². The number of nitrogens with one attached hydrogen (secondary N) is 1. The minimum absolute atomic E-state index is 0.183. The van der Waals surface area contributed by atoms with Gasteiger partial charge in [0.15, 0.2) is 0 Å². The third kappa shape index (κ3) is 2.85. The van der Waals surface area contributed by atoms with Gasteiger partial charge in [0.25, 0.3) is 5.91 Å². The fraction of sp³-hybridized carbons (Fsp3) is 0.200. The Morgan fingerprint density at radius 1 is 1.71 bits per heavy atom. The molecule has 1 heterocycles. The van der Waals surface area contributed by atoms with Crippen molar-refractivity contribution in [3.05, 3.63) is 41.2 Å². The van der Waals surface area contributed by atoms with E-state index in [4.69, 9.17) is 11.6 Å². The summed E-state index contributed by atoms with van der Waals surface area (Å²) in [5.74, 6) is -0.183. The molecule has 1 aromatic heterocycles. The first-order valence-electron chi connectivity index (χ1n) is 4.14. The maximum atomic E-state index is 11.5. The molecule has 74 valence electrons. The average molecular weight is 211 g/mol. The molecule has 14 heavy (non-hydrogen) atoms. The zero-order chi connectivity index (χ0) is 10.6. The fourth-order valence-electron chi connectivity index (χ4n) is 0.996. The molecule has 1 N–H and O–H groups in total. The number of carbonyl (C=O) groups is 1. The van der Waals surface area contributed by atoms with Crippen LogP contribution < -0.4 is 5.32 Å². The highest BCUT2D eigenvalue weighted by atomic mass is 35.5. The summed E-state index contributed by atoms with van der Waals surface area (Å²) < 4.78 is 0. The van der Waals surface area contributed by atoms with Crippen molar-refractivity contribution in [2.24, 2.45) is 0 Å². The van der Waals surface area contributed by atoms with Gasteiger partial charge in [-0.15, -0.1) is 0 Å². The summed E-state index contributed by atoms with van der Waals surface area (Å²) >= 11 is 5.52. The summed E-state index contributed by atoms with van der Waals surface area (Å²) in [6, 6.07) is 3.44. The third-order valence-electron chi connectivity index (χ3n) is 1.69. The van der Waals surface area contributed by atoms with E-state index in [1.165, 1.54) is 0 Å². The lowest BCUT2D eigenvalue weighted by Crippen LogP contribution is -2.25. The minimum atomic E-state index is -0.183. The number of aryl methyl sites for hydroxylation is 1. The smallest absolute Gasteiger partial charge is 0.253 e. The van der Waals surface area contributed by atoms with Crippen molar-refractivity contribution < 1.29 is 4.79 Å². The van der Waals surface area contributed by atoms with Crippen molar-refractivity contribution in [3.63, 3.8) is 0 Å². The van der Waals surface area contributed by atoms with E-state index in [-0.39, 0.29) is 12.5 Å². The molecule has 0 radical (unpaired) electrons. The highest BCUT2D eigenvalue weighted by Gasteiger charge is 2.07. The number of hydrogen-bond donors (Lipinski definition) is 1. The van der Waals surface area contributed by atoms with Crippen LogP contribution in [0.5, 0.6) is 0 Å². The molecule has 1 aromatic rings. The molecule has 0 aliphatic carbocycles. The van der Waals surface area contributed by atoms with Crippen LogP contribution in [0.25, 0.3) is 0 Å². The van der Waals surface area contributed by atoms with Crippen LogP contribution in [0.4, 0.5) is 0 Å². The summed E-state index contributed by atoms with van der Waals surface area (Å²) in [7, 11) is 0. The third-order valence-corrected chi connectivity index (χ3v) is 1.83. The molecule has 0 unspecified atom stereocenters. The van der Waals surface area contributed by atoms with Crippen LogP contribution in [-0.4, -0.2) is 17.4 Å². The van der Waals surface area contributed by atoms with E-state index in [0.717, 1.165) is 0 Å². The van der Waals surface area contributed by atoms with Crippen molar-refractivity contribution in [3.8, 4) is 0 Å². The fourth-order valence-corrected chi connectivity index (χ4v) is 1.06. The molecule has 0 bridgehead atoms. The predicted molar refractivity (Wildman–Crippen MR) is 56.3 cm³/mol. The zero-order valence-electron chi connectivity index (χ0n) is 7.88. The van der Waals surface area contributed by atoms with Gasteiger partial charge in [-0.25, -0.2) is 0 Å². The topological polar surface area (TPSA) is 42.0 Å². The van der Waals surface area contributed by atoms with E-state index in [0.29, 0.717) is 16.3 Å². The van der Waals surface area contributed by atoms with E-state index < -0.39 is 0 Å². The first-order valence-corrected chi connectivity index (χ1v) is 4.52. The van der Waals surface area contributed by atoms with E-state index in [1.807, 2.05) is 0 Å². The Morgan fingerprint density at radius 3 is 3.00 bits per heavy atom. The second-order valence-electron chi connectivity index (χ2n) is 2.84. The maximum absolute atomic E-state index is 11.5. The largest absolute Gasteiger partial charge is 0.347 e. The lowest BCUT2D eigenvalue weighted by Gasteiger charge is -2.05. The number of nitrogens with zero attached hydrogens (tertiary/aromatic N) is 1. The monoisotopic (exact) mass is 210 g/mol. The van der Waals surface area contributed by atoms with Crippen LogP contribution in [-0.2, 0) is 0 Å². The lowest BCUT2D eigenvalue weighted by atomic mass is 10.2. The molecule has 3 nitrogen and oxygen atoms in total. The Morgan fingerprint density at radius 2 is 2.43 bits per heavy atom. The number of rotatable bonds is 3.